The minimum atomic E-state index is -0.266. The van der Waals surface area contributed by atoms with Gasteiger partial charge in [0.2, 0.25) is 0 Å². The van der Waals surface area contributed by atoms with E-state index in [1.54, 1.807) is 10.9 Å². The van der Waals surface area contributed by atoms with Crippen LogP contribution in [0.1, 0.15) is 5.56 Å². The van der Waals surface area contributed by atoms with Gasteiger partial charge in [-0.15, -0.1) is 0 Å². The van der Waals surface area contributed by atoms with Gasteiger partial charge in [0.15, 0.2) is 5.65 Å². The van der Waals surface area contributed by atoms with Gasteiger partial charge >= 0.3 is 0 Å². The Hall–Kier alpha value is -4.58. The first-order chi connectivity index (χ1) is 15.8. The molecule has 6 aromatic rings. The fraction of sp³-hybridized carbons (Fsp3) is 0. The third-order valence-corrected chi connectivity index (χ3v) is 5.60. The summed E-state index contributed by atoms with van der Waals surface area (Å²) in [6.07, 6.45) is 4.72. The Morgan fingerprint density at radius 1 is 0.781 bits per heavy atom. The predicted octanol–water partition coefficient (Wildman–Crippen LogP) is 4.77. The Morgan fingerprint density at radius 2 is 1.44 bits per heavy atom. The molecule has 0 aliphatic carbocycles. The smallest absolute Gasteiger partial charge is 0.266 e. The molecule has 0 atom stereocenters. The van der Waals surface area contributed by atoms with E-state index < -0.39 is 0 Å². The topological polar surface area (TPSA) is 65.1 Å². The Labute approximate surface area is 182 Å². The van der Waals surface area contributed by atoms with Crippen LogP contribution < -0.4 is 5.56 Å². The van der Waals surface area contributed by atoms with Crippen LogP contribution in [0.25, 0.3) is 38.3 Å². The fourth-order valence-electron chi connectivity index (χ4n) is 4.05. The number of rotatable bonds is 3. The summed E-state index contributed by atoms with van der Waals surface area (Å²) in [5.41, 5.74) is 2.05. The third-order valence-electron chi connectivity index (χ3n) is 5.60. The van der Waals surface area contributed by atoms with Crippen LogP contribution in [0.4, 0.5) is 0 Å². The van der Waals surface area contributed by atoms with Gasteiger partial charge < -0.3 is 0 Å². The molecule has 0 saturated carbocycles. The number of fused-ring (bicyclic) bond motifs is 3. The van der Waals surface area contributed by atoms with Crippen molar-refractivity contribution in [3.8, 4) is 5.69 Å². The molecule has 0 aliphatic heterocycles. The molecule has 4 aromatic carbocycles. The summed E-state index contributed by atoms with van der Waals surface area (Å²) in [5, 5.41) is 13.7. The fourth-order valence-corrected chi connectivity index (χ4v) is 4.05. The predicted molar refractivity (Wildman–Crippen MR) is 128 cm³/mol. The zero-order valence-electron chi connectivity index (χ0n) is 17.0. The van der Waals surface area contributed by atoms with Crippen LogP contribution in [0.5, 0.6) is 0 Å². The molecule has 0 radical (unpaired) electrons. The Balaban J connectivity index is 1.50. The lowest BCUT2D eigenvalue weighted by molar-refractivity contribution is 0.810. The number of benzene rings is 4. The summed E-state index contributed by atoms with van der Waals surface area (Å²) in [6, 6.07) is 28.1. The lowest BCUT2D eigenvalue weighted by Crippen LogP contribution is -2.17. The van der Waals surface area contributed by atoms with Crippen LogP contribution >= 0.6 is 0 Å². The average Bonchev–Trinajstić information content (AvgIpc) is 3.28. The van der Waals surface area contributed by atoms with E-state index in [1.165, 1.54) is 17.2 Å². The maximum atomic E-state index is 13.1. The number of hydrogen-bond donors (Lipinski definition) is 0. The van der Waals surface area contributed by atoms with Crippen LogP contribution in [0.3, 0.4) is 0 Å². The highest BCUT2D eigenvalue weighted by Crippen LogP contribution is 2.27. The van der Waals surface area contributed by atoms with Crippen molar-refractivity contribution in [2.24, 2.45) is 5.10 Å². The van der Waals surface area contributed by atoms with Gasteiger partial charge in [-0.25, -0.2) is 9.67 Å². The number of hydrogen-bond acceptors (Lipinski definition) is 4. The van der Waals surface area contributed by atoms with Gasteiger partial charge in [0, 0.05) is 5.56 Å². The summed E-state index contributed by atoms with van der Waals surface area (Å²) in [4.78, 5) is 17.5. The highest BCUT2D eigenvalue weighted by atomic mass is 16.1. The lowest BCUT2D eigenvalue weighted by atomic mass is 9.97. The van der Waals surface area contributed by atoms with Gasteiger partial charge in [-0.1, -0.05) is 66.7 Å². The van der Waals surface area contributed by atoms with Crippen molar-refractivity contribution in [1.82, 2.24) is 19.4 Å². The van der Waals surface area contributed by atoms with Crippen LogP contribution in [-0.2, 0) is 0 Å². The summed E-state index contributed by atoms with van der Waals surface area (Å²) < 4.78 is 2.92. The van der Waals surface area contributed by atoms with Crippen LogP contribution in [0.2, 0.25) is 0 Å². The molecule has 0 aliphatic rings. The zero-order valence-corrected chi connectivity index (χ0v) is 17.0. The molecule has 2 heterocycles. The SMILES string of the molecule is O=c1c2cnn(-c3ccccc3)c2ncn1N=Cc1c2ccccc2cc2ccccc12. The second kappa shape index (κ2) is 7.28. The maximum absolute atomic E-state index is 13.1. The first-order valence-corrected chi connectivity index (χ1v) is 10.3. The van der Waals surface area contributed by atoms with Gasteiger partial charge in [0.05, 0.1) is 18.1 Å². The van der Waals surface area contributed by atoms with E-state index in [0.717, 1.165) is 32.8 Å². The van der Waals surface area contributed by atoms with Crippen LogP contribution in [-0.4, -0.2) is 25.7 Å². The average molecular weight is 415 g/mol. The van der Waals surface area contributed by atoms with Gasteiger partial charge in [-0.3, -0.25) is 4.79 Å². The standard InChI is InChI=1S/C26H17N5O/c32-26-24-16-29-31(20-10-2-1-3-11-20)25(24)27-17-30(26)28-15-23-21-12-6-4-8-18(21)14-19-9-5-7-13-22(19)23/h1-17H. The van der Waals surface area contributed by atoms with Crippen molar-refractivity contribution in [2.75, 3.05) is 0 Å². The minimum Gasteiger partial charge on any atom is -0.266 e. The zero-order chi connectivity index (χ0) is 21.5. The third kappa shape index (κ3) is 2.89. The normalized spacial score (nSPS) is 11.8. The van der Waals surface area contributed by atoms with Gasteiger partial charge in [-0.05, 0) is 39.7 Å². The summed E-state index contributed by atoms with van der Waals surface area (Å²) in [6.45, 7) is 0. The molecule has 0 N–H and O–H groups in total. The minimum absolute atomic E-state index is 0.266. The first-order valence-electron chi connectivity index (χ1n) is 10.3. The summed E-state index contributed by atoms with van der Waals surface area (Å²) in [7, 11) is 0. The van der Waals surface area contributed by atoms with Crippen LogP contribution in [0, 0.1) is 0 Å². The molecule has 0 saturated heterocycles. The van der Waals surface area contributed by atoms with Crippen molar-refractivity contribution < 1.29 is 0 Å². The van der Waals surface area contributed by atoms with E-state index in [4.69, 9.17) is 0 Å². The molecule has 0 bridgehead atoms. The molecule has 2 aromatic heterocycles. The number of para-hydroxylation sites is 1. The molecule has 6 rings (SSSR count). The van der Waals surface area contributed by atoms with Gasteiger partial charge in [0.1, 0.15) is 11.7 Å². The Morgan fingerprint density at radius 3 is 2.16 bits per heavy atom. The van der Waals surface area contributed by atoms with E-state index >= 15 is 0 Å². The van der Waals surface area contributed by atoms with E-state index in [2.05, 4.69) is 45.5 Å². The lowest BCUT2D eigenvalue weighted by Gasteiger charge is -2.08. The highest BCUT2D eigenvalue weighted by molar-refractivity contribution is 6.13. The second-order valence-electron chi connectivity index (χ2n) is 7.50. The monoisotopic (exact) mass is 415 g/mol. The Kier molecular flexibility index (Phi) is 4.14. The second-order valence-corrected chi connectivity index (χ2v) is 7.50. The van der Waals surface area contributed by atoms with Crippen molar-refractivity contribution in [2.45, 2.75) is 0 Å². The maximum Gasteiger partial charge on any atom is 0.285 e. The molecule has 6 heteroatoms. The first kappa shape index (κ1) is 18.2. The van der Waals surface area contributed by atoms with Crippen molar-refractivity contribution in [3.63, 3.8) is 0 Å². The van der Waals surface area contributed by atoms with E-state index in [1.807, 2.05) is 54.6 Å². The van der Waals surface area contributed by atoms with Gasteiger partial charge in [-0.2, -0.15) is 14.9 Å². The van der Waals surface area contributed by atoms with E-state index in [-0.39, 0.29) is 5.56 Å². The van der Waals surface area contributed by atoms with Crippen LogP contribution in [0.15, 0.2) is 107 Å². The van der Waals surface area contributed by atoms with Crippen molar-refractivity contribution in [3.05, 3.63) is 113 Å². The van der Waals surface area contributed by atoms with E-state index in [0.29, 0.717) is 11.0 Å². The van der Waals surface area contributed by atoms with Gasteiger partial charge in [0.25, 0.3) is 5.56 Å². The van der Waals surface area contributed by atoms with Crippen molar-refractivity contribution >= 4 is 38.8 Å². The molecule has 0 spiro atoms. The molecule has 0 fully saturated rings. The summed E-state index contributed by atoms with van der Waals surface area (Å²) in [5.74, 6) is 0. The highest BCUT2D eigenvalue weighted by Gasteiger charge is 2.11. The molecular weight excluding hydrogens is 398 g/mol. The van der Waals surface area contributed by atoms with Crippen molar-refractivity contribution in [1.29, 1.82) is 0 Å². The molecule has 152 valence electrons. The summed E-state index contributed by atoms with van der Waals surface area (Å²) >= 11 is 0. The molecular formula is C26H17N5O. The molecule has 0 amide bonds. The quantitative estimate of drug-likeness (QED) is 0.309. The Bertz CT molecular complexity index is 1640. The molecule has 0 unspecified atom stereocenters. The number of nitrogens with zero attached hydrogens (tertiary/aromatic N) is 5. The number of aromatic nitrogens is 4. The largest absolute Gasteiger partial charge is 0.285 e. The molecule has 32 heavy (non-hydrogen) atoms. The van der Waals surface area contributed by atoms with E-state index in [9.17, 15) is 4.79 Å². The molecule has 6 nitrogen and oxygen atoms in total.